The molecule has 1 N–H and O–H groups in total. The summed E-state index contributed by atoms with van der Waals surface area (Å²) in [6.07, 6.45) is 4.73. The van der Waals surface area contributed by atoms with Crippen molar-refractivity contribution in [2.45, 2.75) is 32.9 Å². The summed E-state index contributed by atoms with van der Waals surface area (Å²) >= 11 is 6.00. The van der Waals surface area contributed by atoms with E-state index in [0.29, 0.717) is 11.5 Å². The molecule has 1 unspecified atom stereocenters. The lowest BCUT2D eigenvalue weighted by molar-refractivity contribution is 0.542. The predicted octanol–water partition coefficient (Wildman–Crippen LogP) is 2.62. The van der Waals surface area contributed by atoms with Crippen LogP contribution < -0.4 is 5.32 Å². The van der Waals surface area contributed by atoms with Crippen LogP contribution in [-0.2, 0) is 6.54 Å². The van der Waals surface area contributed by atoms with Crippen LogP contribution in [0.25, 0.3) is 0 Å². The van der Waals surface area contributed by atoms with Crippen LogP contribution in [-0.4, -0.2) is 11.0 Å². The molecule has 2 nitrogen and oxygen atoms in total. The van der Waals surface area contributed by atoms with Gasteiger partial charge in [0, 0.05) is 25.0 Å². The molecule has 0 radical (unpaired) electrons. The average molecular weight is 211 g/mol. The van der Waals surface area contributed by atoms with Crippen molar-refractivity contribution in [1.29, 1.82) is 0 Å². The molecular weight excluding hydrogens is 196 g/mol. The van der Waals surface area contributed by atoms with Crippen molar-refractivity contribution in [1.82, 2.24) is 10.3 Å². The van der Waals surface area contributed by atoms with Crippen LogP contribution in [0, 0.1) is 5.41 Å². The molecule has 0 amide bonds. The fraction of sp³-hybridized carbons (Fsp3) is 0.545. The molecule has 1 fully saturated rings. The van der Waals surface area contributed by atoms with Crippen LogP contribution in [0.15, 0.2) is 18.5 Å². The molecular formula is C11H15ClN2. The van der Waals surface area contributed by atoms with Crippen molar-refractivity contribution in [3.8, 4) is 0 Å². The normalized spacial score (nSPS) is 23.5. The van der Waals surface area contributed by atoms with E-state index in [9.17, 15) is 0 Å². The molecule has 3 heteroatoms. The van der Waals surface area contributed by atoms with Crippen LogP contribution in [0.1, 0.15) is 25.8 Å². The van der Waals surface area contributed by atoms with Gasteiger partial charge in [-0.1, -0.05) is 25.4 Å². The van der Waals surface area contributed by atoms with Gasteiger partial charge in [0.1, 0.15) is 0 Å². The minimum Gasteiger partial charge on any atom is -0.309 e. The number of hydrogen-bond acceptors (Lipinski definition) is 2. The third kappa shape index (κ3) is 2.07. The molecule has 0 spiro atoms. The van der Waals surface area contributed by atoms with Crippen molar-refractivity contribution in [2.75, 3.05) is 0 Å². The van der Waals surface area contributed by atoms with Gasteiger partial charge in [0.2, 0.25) is 0 Å². The molecule has 0 aromatic carbocycles. The highest BCUT2D eigenvalue weighted by Gasteiger charge is 2.44. The van der Waals surface area contributed by atoms with Crippen LogP contribution in [0.5, 0.6) is 0 Å². The highest BCUT2D eigenvalue weighted by atomic mass is 35.5. The number of rotatable bonds is 3. The van der Waals surface area contributed by atoms with Gasteiger partial charge in [0.05, 0.1) is 5.02 Å². The van der Waals surface area contributed by atoms with Gasteiger partial charge in [-0.15, -0.1) is 0 Å². The van der Waals surface area contributed by atoms with Crippen LogP contribution >= 0.6 is 11.6 Å². The molecule has 0 bridgehead atoms. The number of nitrogens with one attached hydrogen (secondary N) is 1. The Hall–Kier alpha value is -0.600. The lowest BCUT2D eigenvalue weighted by Crippen LogP contribution is -2.20. The second kappa shape index (κ2) is 3.52. The summed E-state index contributed by atoms with van der Waals surface area (Å²) in [5, 5.41) is 4.24. The smallest absolute Gasteiger partial charge is 0.0634 e. The standard InChI is InChI=1S/C11H15ClN2/c1-11(2)5-10(11)14-6-8-3-4-13-7-9(8)12/h3-4,7,10,14H,5-6H2,1-2H3. The maximum atomic E-state index is 6.00. The molecule has 0 aliphatic heterocycles. The van der Waals surface area contributed by atoms with Gasteiger partial charge in [0.25, 0.3) is 0 Å². The highest BCUT2D eigenvalue weighted by molar-refractivity contribution is 6.31. The van der Waals surface area contributed by atoms with Crippen molar-refractivity contribution in [3.63, 3.8) is 0 Å². The van der Waals surface area contributed by atoms with Crippen molar-refractivity contribution in [3.05, 3.63) is 29.0 Å². The molecule has 2 rings (SSSR count). The number of aromatic nitrogens is 1. The van der Waals surface area contributed by atoms with E-state index in [4.69, 9.17) is 11.6 Å². The zero-order chi connectivity index (χ0) is 10.2. The van der Waals surface area contributed by atoms with Gasteiger partial charge in [-0.25, -0.2) is 0 Å². The third-order valence-electron chi connectivity index (χ3n) is 2.91. The van der Waals surface area contributed by atoms with E-state index in [1.165, 1.54) is 6.42 Å². The molecule has 1 aliphatic carbocycles. The van der Waals surface area contributed by atoms with Gasteiger partial charge in [-0.3, -0.25) is 4.98 Å². The Kier molecular flexibility index (Phi) is 2.50. The minimum atomic E-state index is 0.472. The van der Waals surface area contributed by atoms with E-state index < -0.39 is 0 Å². The fourth-order valence-electron chi connectivity index (χ4n) is 1.60. The zero-order valence-corrected chi connectivity index (χ0v) is 9.30. The van der Waals surface area contributed by atoms with Gasteiger partial charge >= 0.3 is 0 Å². The van der Waals surface area contributed by atoms with Crippen LogP contribution in [0.2, 0.25) is 5.02 Å². The summed E-state index contributed by atoms with van der Waals surface area (Å²) in [5.74, 6) is 0. The second-order valence-electron chi connectivity index (χ2n) is 4.59. The first-order valence-electron chi connectivity index (χ1n) is 4.91. The van der Waals surface area contributed by atoms with E-state index in [2.05, 4.69) is 24.1 Å². The second-order valence-corrected chi connectivity index (χ2v) is 5.00. The first-order chi connectivity index (χ1) is 6.59. The lowest BCUT2D eigenvalue weighted by Gasteiger charge is -2.07. The Morgan fingerprint density at radius 3 is 2.93 bits per heavy atom. The highest BCUT2D eigenvalue weighted by Crippen LogP contribution is 2.44. The Morgan fingerprint density at radius 1 is 1.64 bits per heavy atom. The molecule has 1 aliphatic rings. The Morgan fingerprint density at radius 2 is 2.36 bits per heavy atom. The number of nitrogens with zero attached hydrogens (tertiary/aromatic N) is 1. The monoisotopic (exact) mass is 210 g/mol. The summed E-state index contributed by atoms with van der Waals surface area (Å²) in [6.45, 7) is 5.40. The molecule has 1 aromatic heterocycles. The molecule has 1 saturated carbocycles. The molecule has 76 valence electrons. The molecule has 14 heavy (non-hydrogen) atoms. The van der Waals surface area contributed by atoms with Crippen molar-refractivity contribution in [2.24, 2.45) is 5.41 Å². The van der Waals surface area contributed by atoms with Gasteiger partial charge in [-0.05, 0) is 23.5 Å². The number of pyridine rings is 1. The van der Waals surface area contributed by atoms with E-state index in [-0.39, 0.29) is 0 Å². The fourth-order valence-corrected chi connectivity index (χ4v) is 1.78. The molecule has 1 heterocycles. The molecule has 1 aromatic rings. The van der Waals surface area contributed by atoms with Gasteiger partial charge in [-0.2, -0.15) is 0 Å². The maximum Gasteiger partial charge on any atom is 0.0634 e. The first kappa shape index (κ1) is 9.94. The van der Waals surface area contributed by atoms with Crippen LogP contribution in [0.4, 0.5) is 0 Å². The third-order valence-corrected chi connectivity index (χ3v) is 3.25. The molecule has 1 atom stereocenters. The predicted molar refractivity (Wildman–Crippen MR) is 58.3 cm³/mol. The summed E-state index contributed by atoms with van der Waals surface area (Å²) in [7, 11) is 0. The average Bonchev–Trinajstić information content (AvgIpc) is 2.73. The van der Waals surface area contributed by atoms with Crippen molar-refractivity contribution >= 4 is 11.6 Å². The van der Waals surface area contributed by atoms with E-state index >= 15 is 0 Å². The first-order valence-corrected chi connectivity index (χ1v) is 5.29. The Balaban J connectivity index is 1.90. The quantitative estimate of drug-likeness (QED) is 0.830. The lowest BCUT2D eigenvalue weighted by atomic mass is 10.2. The Labute approximate surface area is 89.7 Å². The summed E-state index contributed by atoms with van der Waals surface area (Å²) in [4.78, 5) is 3.96. The largest absolute Gasteiger partial charge is 0.309 e. The van der Waals surface area contributed by atoms with E-state index in [1.54, 1.807) is 12.4 Å². The van der Waals surface area contributed by atoms with E-state index in [0.717, 1.165) is 17.1 Å². The topological polar surface area (TPSA) is 24.9 Å². The van der Waals surface area contributed by atoms with Crippen molar-refractivity contribution < 1.29 is 0 Å². The zero-order valence-electron chi connectivity index (χ0n) is 8.55. The van der Waals surface area contributed by atoms with Gasteiger partial charge < -0.3 is 5.32 Å². The summed E-state index contributed by atoms with van der Waals surface area (Å²) < 4.78 is 0. The van der Waals surface area contributed by atoms with E-state index in [1.807, 2.05) is 6.07 Å². The van der Waals surface area contributed by atoms with Crippen LogP contribution in [0.3, 0.4) is 0 Å². The summed E-state index contributed by atoms with van der Waals surface area (Å²) in [5.41, 5.74) is 1.60. The Bertz CT molecular complexity index is 336. The SMILES string of the molecule is CC1(C)CC1NCc1ccncc1Cl. The number of hydrogen-bond donors (Lipinski definition) is 1. The number of halogens is 1. The summed E-state index contributed by atoms with van der Waals surface area (Å²) in [6, 6.07) is 2.61. The minimum absolute atomic E-state index is 0.472. The molecule has 0 saturated heterocycles. The maximum absolute atomic E-state index is 6.00. The van der Waals surface area contributed by atoms with Gasteiger partial charge in [0.15, 0.2) is 0 Å².